The summed E-state index contributed by atoms with van der Waals surface area (Å²) in [7, 11) is -2.18. The SMILES string of the molecule is CC(=O)N[C@@H]1[C@@H](O[Si](C)(C)C(C)(C)C)[C@@H]2OC(c3ccccc3)OC[C@H]2O[C@@H]1CC1CO1. The largest absolute Gasteiger partial charge is 0.409 e. The predicted molar refractivity (Wildman–Crippen MR) is 123 cm³/mol. The monoisotopic (exact) mass is 463 g/mol. The highest BCUT2D eigenvalue weighted by Crippen LogP contribution is 2.42. The van der Waals surface area contributed by atoms with Crippen molar-refractivity contribution in [2.24, 2.45) is 0 Å². The number of carbonyl (C=O) groups is 1. The zero-order chi connectivity index (χ0) is 23.1. The van der Waals surface area contributed by atoms with Gasteiger partial charge in [-0.1, -0.05) is 51.1 Å². The Labute approximate surface area is 192 Å². The van der Waals surface area contributed by atoms with Crippen LogP contribution >= 0.6 is 0 Å². The van der Waals surface area contributed by atoms with Crippen LogP contribution in [0.25, 0.3) is 0 Å². The van der Waals surface area contributed by atoms with Gasteiger partial charge in [-0.2, -0.15) is 0 Å². The van der Waals surface area contributed by atoms with Crippen LogP contribution in [-0.2, 0) is 28.2 Å². The van der Waals surface area contributed by atoms with Crippen molar-refractivity contribution in [2.45, 2.75) is 95.1 Å². The Bertz CT molecular complexity index is 793. The van der Waals surface area contributed by atoms with Crippen LogP contribution in [0.1, 0.15) is 46.0 Å². The Balaban J connectivity index is 1.65. The second-order valence-electron chi connectivity index (χ2n) is 10.6. The van der Waals surface area contributed by atoms with Gasteiger partial charge in [0.15, 0.2) is 14.6 Å². The molecule has 1 aromatic carbocycles. The normalized spacial score (nSPS) is 35.1. The van der Waals surface area contributed by atoms with Crippen LogP contribution in [0.3, 0.4) is 0 Å². The first-order chi connectivity index (χ1) is 15.0. The number of ether oxygens (including phenoxy) is 4. The fourth-order valence-electron chi connectivity index (χ4n) is 4.19. The highest BCUT2D eigenvalue weighted by Gasteiger charge is 2.54. The summed E-state index contributed by atoms with van der Waals surface area (Å²) < 4.78 is 31.5. The van der Waals surface area contributed by atoms with Crippen molar-refractivity contribution >= 4 is 14.2 Å². The number of epoxide rings is 1. The van der Waals surface area contributed by atoms with Crippen molar-refractivity contribution in [1.29, 1.82) is 0 Å². The Kier molecular flexibility index (Phi) is 6.82. The van der Waals surface area contributed by atoms with Gasteiger partial charge >= 0.3 is 0 Å². The van der Waals surface area contributed by atoms with Crippen molar-refractivity contribution in [3.63, 3.8) is 0 Å². The Morgan fingerprint density at radius 3 is 2.41 bits per heavy atom. The molecule has 0 aromatic heterocycles. The number of hydrogen-bond donors (Lipinski definition) is 1. The molecule has 3 aliphatic rings. The average molecular weight is 464 g/mol. The predicted octanol–water partition coefficient (Wildman–Crippen LogP) is 3.55. The molecule has 178 valence electrons. The summed E-state index contributed by atoms with van der Waals surface area (Å²) in [4.78, 5) is 12.2. The molecule has 0 spiro atoms. The zero-order valence-corrected chi connectivity index (χ0v) is 21.0. The lowest BCUT2D eigenvalue weighted by molar-refractivity contribution is -0.313. The van der Waals surface area contributed by atoms with Crippen molar-refractivity contribution in [1.82, 2.24) is 5.32 Å². The van der Waals surface area contributed by atoms with Gasteiger partial charge in [-0.15, -0.1) is 0 Å². The Morgan fingerprint density at radius 1 is 1.12 bits per heavy atom. The maximum absolute atomic E-state index is 12.2. The van der Waals surface area contributed by atoms with Gasteiger partial charge in [-0.05, 0) is 18.1 Å². The number of hydrogen-bond acceptors (Lipinski definition) is 6. The minimum absolute atomic E-state index is 0.0146. The van der Waals surface area contributed by atoms with Crippen LogP contribution in [0.15, 0.2) is 30.3 Å². The maximum Gasteiger partial charge on any atom is 0.217 e. The summed E-state index contributed by atoms with van der Waals surface area (Å²) in [5.41, 5.74) is 0.960. The third kappa shape index (κ3) is 5.26. The van der Waals surface area contributed by atoms with Crippen LogP contribution in [0.4, 0.5) is 0 Å². The maximum atomic E-state index is 12.2. The quantitative estimate of drug-likeness (QED) is 0.513. The van der Waals surface area contributed by atoms with Gasteiger partial charge in [-0.3, -0.25) is 4.79 Å². The molecule has 0 radical (unpaired) electrons. The molecule has 0 saturated carbocycles. The number of rotatable bonds is 6. The molecule has 7 nitrogen and oxygen atoms in total. The van der Waals surface area contributed by atoms with Gasteiger partial charge in [0.05, 0.1) is 37.6 Å². The number of benzene rings is 1. The first kappa shape index (κ1) is 23.9. The third-order valence-electron chi connectivity index (χ3n) is 7.06. The van der Waals surface area contributed by atoms with Gasteiger partial charge in [0.2, 0.25) is 5.91 Å². The van der Waals surface area contributed by atoms with Crippen molar-refractivity contribution in [2.75, 3.05) is 13.2 Å². The number of carbonyl (C=O) groups excluding carboxylic acids is 1. The lowest BCUT2D eigenvalue weighted by atomic mass is 9.89. The van der Waals surface area contributed by atoms with Crippen LogP contribution < -0.4 is 5.32 Å². The van der Waals surface area contributed by atoms with E-state index < -0.39 is 14.6 Å². The molecule has 3 fully saturated rings. The number of nitrogens with one attached hydrogen (secondary N) is 1. The van der Waals surface area contributed by atoms with Crippen molar-refractivity contribution in [3.05, 3.63) is 35.9 Å². The van der Waals surface area contributed by atoms with Crippen LogP contribution in [0, 0.1) is 0 Å². The standard InChI is InChI=1S/C24H37NO6Si/c1-15(26)25-20-18(12-17-13-27-17)29-19-14-28-23(16-10-8-7-9-11-16)30-21(19)22(20)31-32(5,6)24(2,3)4/h7-11,17-23H,12-14H2,1-6H3,(H,25,26)/t17?,18-,19-,20+,21-,22-,23?/m1/s1. The van der Waals surface area contributed by atoms with E-state index >= 15 is 0 Å². The van der Waals surface area contributed by atoms with Crippen molar-refractivity contribution < 1.29 is 28.2 Å². The summed E-state index contributed by atoms with van der Waals surface area (Å²) in [6.07, 6.45) is -0.778. The second kappa shape index (κ2) is 9.16. The number of amides is 1. The molecule has 3 heterocycles. The lowest BCUT2D eigenvalue weighted by Gasteiger charge is -2.52. The smallest absolute Gasteiger partial charge is 0.217 e. The van der Waals surface area contributed by atoms with Gasteiger partial charge < -0.3 is 28.7 Å². The first-order valence-corrected chi connectivity index (χ1v) is 14.5. The highest BCUT2D eigenvalue weighted by atomic mass is 28.4. The van der Waals surface area contributed by atoms with Crippen LogP contribution in [0.2, 0.25) is 18.1 Å². The molecular formula is C24H37NO6Si. The van der Waals surface area contributed by atoms with Gasteiger partial charge in [0.25, 0.3) is 0 Å². The summed E-state index contributed by atoms with van der Waals surface area (Å²) in [6, 6.07) is 9.59. The molecule has 1 amide bonds. The van der Waals surface area contributed by atoms with E-state index in [2.05, 4.69) is 39.2 Å². The van der Waals surface area contributed by atoms with E-state index in [0.29, 0.717) is 13.0 Å². The number of fused-ring (bicyclic) bond motifs is 1. The van der Waals surface area contributed by atoms with Gasteiger partial charge in [-0.25, -0.2) is 0 Å². The second-order valence-corrected chi connectivity index (χ2v) is 15.4. The van der Waals surface area contributed by atoms with E-state index in [1.807, 2.05) is 30.3 Å². The minimum Gasteiger partial charge on any atom is -0.409 e. The van der Waals surface area contributed by atoms with E-state index in [4.69, 9.17) is 23.4 Å². The molecule has 2 unspecified atom stereocenters. The van der Waals surface area contributed by atoms with E-state index in [-0.39, 0.29) is 47.5 Å². The summed E-state index contributed by atoms with van der Waals surface area (Å²) in [5, 5.41) is 3.15. The molecule has 3 saturated heterocycles. The molecule has 32 heavy (non-hydrogen) atoms. The van der Waals surface area contributed by atoms with Gasteiger partial charge in [0, 0.05) is 18.9 Å². The van der Waals surface area contributed by atoms with E-state index in [1.54, 1.807) is 0 Å². The van der Waals surface area contributed by atoms with Crippen LogP contribution in [-0.4, -0.2) is 64.0 Å². The zero-order valence-electron chi connectivity index (χ0n) is 20.0. The Hall–Kier alpha value is -1.29. The van der Waals surface area contributed by atoms with E-state index in [1.165, 1.54) is 6.92 Å². The molecule has 0 bridgehead atoms. The topological polar surface area (TPSA) is 78.6 Å². The summed E-state index contributed by atoms with van der Waals surface area (Å²) in [6.45, 7) is 13.8. The summed E-state index contributed by atoms with van der Waals surface area (Å²) >= 11 is 0. The molecule has 4 rings (SSSR count). The van der Waals surface area contributed by atoms with E-state index in [0.717, 1.165) is 12.2 Å². The molecular weight excluding hydrogens is 426 g/mol. The van der Waals surface area contributed by atoms with Gasteiger partial charge in [0.1, 0.15) is 12.2 Å². The van der Waals surface area contributed by atoms with E-state index in [9.17, 15) is 4.79 Å². The molecule has 3 aliphatic heterocycles. The molecule has 7 atom stereocenters. The van der Waals surface area contributed by atoms with Crippen LogP contribution in [0.5, 0.6) is 0 Å². The molecule has 1 aromatic rings. The Morgan fingerprint density at radius 2 is 1.81 bits per heavy atom. The molecule has 8 heteroatoms. The highest BCUT2D eigenvalue weighted by molar-refractivity contribution is 6.74. The van der Waals surface area contributed by atoms with Crippen molar-refractivity contribution in [3.8, 4) is 0 Å². The molecule has 0 aliphatic carbocycles. The average Bonchev–Trinajstić information content (AvgIpc) is 3.53. The lowest BCUT2D eigenvalue weighted by Crippen LogP contribution is -2.69. The minimum atomic E-state index is -2.18. The summed E-state index contributed by atoms with van der Waals surface area (Å²) in [5.74, 6) is -0.103. The fourth-order valence-corrected chi connectivity index (χ4v) is 5.51. The fraction of sp³-hybridized carbons (Fsp3) is 0.708. The third-order valence-corrected chi connectivity index (χ3v) is 11.5. The molecule has 1 N–H and O–H groups in total. The first-order valence-electron chi connectivity index (χ1n) is 11.6.